The van der Waals surface area contributed by atoms with Crippen LogP contribution in [0.3, 0.4) is 0 Å². The predicted octanol–water partition coefficient (Wildman–Crippen LogP) is 3.16. The van der Waals surface area contributed by atoms with Crippen molar-refractivity contribution in [2.45, 2.75) is 32.7 Å². The Hall–Kier alpha value is -2.34. The zero-order chi connectivity index (χ0) is 18.1. The molecule has 3 rings (SSSR count). The molecule has 0 radical (unpaired) electrons. The van der Waals surface area contributed by atoms with Crippen LogP contribution in [0.1, 0.15) is 35.8 Å². The molecule has 6 nitrogen and oxygen atoms in total. The quantitative estimate of drug-likeness (QED) is 0.911. The molecule has 0 spiro atoms. The standard InChI is InChI=1S/C18H20ClN3O3/c1-11-16(10-22(20-11)14-7-5-13(19)6-8-14)17(23)21-9-3-4-15(12(21)2)18(24)25/h5-8,10,12,15H,3-4,9H2,1-2H3,(H,24,25)/t12-,15-/m1/s1. The molecule has 1 N–H and O–H groups in total. The maximum atomic E-state index is 13.0. The van der Waals surface area contributed by atoms with Crippen LogP contribution in [0.4, 0.5) is 0 Å². The molecule has 1 aromatic heterocycles. The minimum absolute atomic E-state index is 0.170. The number of likely N-dealkylation sites (tertiary alicyclic amines) is 1. The average Bonchev–Trinajstić information content (AvgIpc) is 2.96. The number of hydrogen-bond donors (Lipinski definition) is 1. The van der Waals surface area contributed by atoms with Gasteiger partial charge in [-0.25, -0.2) is 4.68 Å². The SMILES string of the molecule is Cc1nn(-c2ccc(Cl)cc2)cc1C(=O)N1CCC[C@@H](C(=O)O)[C@H]1C. The summed E-state index contributed by atoms with van der Waals surface area (Å²) in [5.74, 6) is -1.54. The van der Waals surface area contributed by atoms with Gasteiger partial charge in [-0.2, -0.15) is 5.10 Å². The van der Waals surface area contributed by atoms with Crippen molar-refractivity contribution in [1.82, 2.24) is 14.7 Å². The van der Waals surface area contributed by atoms with E-state index in [1.54, 1.807) is 41.8 Å². The van der Waals surface area contributed by atoms with Gasteiger partial charge in [0, 0.05) is 23.8 Å². The lowest BCUT2D eigenvalue weighted by atomic mass is 9.90. The van der Waals surface area contributed by atoms with E-state index in [0.717, 1.165) is 5.69 Å². The maximum Gasteiger partial charge on any atom is 0.308 e. The molecule has 1 aromatic carbocycles. The highest BCUT2D eigenvalue weighted by Gasteiger charge is 2.36. The lowest BCUT2D eigenvalue weighted by Gasteiger charge is -2.37. The molecule has 2 heterocycles. The van der Waals surface area contributed by atoms with Crippen LogP contribution in [-0.2, 0) is 4.79 Å². The second-order valence-electron chi connectivity index (χ2n) is 6.38. The third-order valence-corrected chi connectivity index (χ3v) is 5.04. The Labute approximate surface area is 151 Å². The molecular weight excluding hydrogens is 342 g/mol. The van der Waals surface area contributed by atoms with Crippen molar-refractivity contribution >= 4 is 23.5 Å². The fraction of sp³-hybridized carbons (Fsp3) is 0.389. The maximum absolute atomic E-state index is 13.0. The van der Waals surface area contributed by atoms with Crippen molar-refractivity contribution in [1.29, 1.82) is 0 Å². The minimum atomic E-state index is -0.849. The summed E-state index contributed by atoms with van der Waals surface area (Å²) in [7, 11) is 0. The number of halogens is 1. The number of piperidine rings is 1. The van der Waals surface area contributed by atoms with Crippen LogP contribution in [0.15, 0.2) is 30.5 Å². The molecule has 0 unspecified atom stereocenters. The number of aryl methyl sites for hydroxylation is 1. The normalized spacial score (nSPS) is 20.5. The summed E-state index contributed by atoms with van der Waals surface area (Å²) in [6.07, 6.45) is 2.98. The highest BCUT2D eigenvalue weighted by atomic mass is 35.5. The predicted molar refractivity (Wildman–Crippen MR) is 94.2 cm³/mol. The monoisotopic (exact) mass is 361 g/mol. The molecule has 2 atom stereocenters. The second kappa shape index (κ2) is 6.88. The van der Waals surface area contributed by atoms with Gasteiger partial charge in [-0.1, -0.05) is 11.6 Å². The van der Waals surface area contributed by atoms with E-state index < -0.39 is 11.9 Å². The van der Waals surface area contributed by atoms with Gasteiger partial charge in [0.25, 0.3) is 5.91 Å². The number of carboxylic acid groups (broad SMARTS) is 1. The highest BCUT2D eigenvalue weighted by Crippen LogP contribution is 2.26. The van der Waals surface area contributed by atoms with Gasteiger partial charge in [0.1, 0.15) is 0 Å². The fourth-order valence-electron chi connectivity index (χ4n) is 3.31. The third-order valence-electron chi connectivity index (χ3n) is 4.79. The summed E-state index contributed by atoms with van der Waals surface area (Å²) >= 11 is 5.90. The van der Waals surface area contributed by atoms with Gasteiger partial charge in [0.15, 0.2) is 0 Å². The highest BCUT2D eigenvalue weighted by molar-refractivity contribution is 6.30. The second-order valence-corrected chi connectivity index (χ2v) is 6.81. The Morgan fingerprint density at radius 3 is 2.60 bits per heavy atom. The van der Waals surface area contributed by atoms with Crippen LogP contribution < -0.4 is 0 Å². The first-order valence-corrected chi connectivity index (χ1v) is 8.62. The molecule has 1 fully saturated rings. The van der Waals surface area contributed by atoms with E-state index in [4.69, 9.17) is 11.6 Å². The van der Waals surface area contributed by atoms with Crippen molar-refractivity contribution in [3.05, 3.63) is 46.7 Å². The summed E-state index contributed by atoms with van der Waals surface area (Å²) < 4.78 is 1.64. The average molecular weight is 362 g/mol. The Morgan fingerprint density at radius 2 is 1.96 bits per heavy atom. The number of rotatable bonds is 3. The van der Waals surface area contributed by atoms with Crippen LogP contribution in [-0.4, -0.2) is 44.3 Å². The molecule has 132 valence electrons. The van der Waals surface area contributed by atoms with Gasteiger partial charge in [-0.3, -0.25) is 9.59 Å². The number of carbonyl (C=O) groups excluding carboxylic acids is 1. The van der Waals surface area contributed by atoms with E-state index in [2.05, 4.69) is 5.10 Å². The number of hydrogen-bond acceptors (Lipinski definition) is 3. The van der Waals surface area contributed by atoms with E-state index in [1.165, 1.54) is 0 Å². The number of carbonyl (C=O) groups is 2. The zero-order valence-corrected chi connectivity index (χ0v) is 14.9. The van der Waals surface area contributed by atoms with Crippen LogP contribution >= 0.6 is 11.6 Å². The van der Waals surface area contributed by atoms with Crippen molar-refractivity contribution in [2.75, 3.05) is 6.54 Å². The Morgan fingerprint density at radius 1 is 1.28 bits per heavy atom. The van der Waals surface area contributed by atoms with Gasteiger partial charge in [-0.15, -0.1) is 0 Å². The number of aliphatic carboxylic acids is 1. The van der Waals surface area contributed by atoms with Crippen molar-refractivity contribution in [3.8, 4) is 5.69 Å². The van der Waals surface area contributed by atoms with Crippen LogP contribution in [0.2, 0.25) is 5.02 Å². The molecule has 0 saturated carbocycles. The summed E-state index contributed by atoms with van der Waals surface area (Å²) in [5.41, 5.74) is 1.92. The third kappa shape index (κ3) is 3.39. The van der Waals surface area contributed by atoms with E-state index in [9.17, 15) is 14.7 Å². The number of aromatic nitrogens is 2. The Balaban J connectivity index is 1.87. The summed E-state index contributed by atoms with van der Waals surface area (Å²) in [6, 6.07) is 6.84. The molecule has 0 aliphatic carbocycles. The molecule has 0 bridgehead atoms. The van der Waals surface area contributed by atoms with Gasteiger partial charge in [-0.05, 0) is 51.0 Å². The van der Waals surface area contributed by atoms with Crippen molar-refractivity contribution in [2.24, 2.45) is 5.92 Å². The first kappa shape index (κ1) is 17.5. The first-order valence-electron chi connectivity index (χ1n) is 8.24. The summed E-state index contributed by atoms with van der Waals surface area (Å²) in [4.78, 5) is 26.0. The molecule has 25 heavy (non-hydrogen) atoms. The van der Waals surface area contributed by atoms with Crippen LogP contribution in [0.25, 0.3) is 5.69 Å². The van der Waals surface area contributed by atoms with E-state index in [-0.39, 0.29) is 11.9 Å². The molecular formula is C18H20ClN3O3. The van der Waals surface area contributed by atoms with E-state index >= 15 is 0 Å². The van der Waals surface area contributed by atoms with Gasteiger partial charge in [0.2, 0.25) is 0 Å². The first-order chi connectivity index (χ1) is 11.9. The van der Waals surface area contributed by atoms with Crippen LogP contribution in [0.5, 0.6) is 0 Å². The topological polar surface area (TPSA) is 75.4 Å². The lowest BCUT2D eigenvalue weighted by molar-refractivity contribution is -0.144. The van der Waals surface area contributed by atoms with Crippen molar-refractivity contribution in [3.63, 3.8) is 0 Å². The van der Waals surface area contributed by atoms with E-state index in [0.29, 0.717) is 35.7 Å². The van der Waals surface area contributed by atoms with Crippen LogP contribution in [0, 0.1) is 12.8 Å². The zero-order valence-electron chi connectivity index (χ0n) is 14.1. The molecule has 1 amide bonds. The Kier molecular flexibility index (Phi) is 4.81. The van der Waals surface area contributed by atoms with E-state index in [1.807, 2.05) is 12.1 Å². The lowest BCUT2D eigenvalue weighted by Crippen LogP contribution is -2.49. The Bertz CT molecular complexity index is 800. The molecule has 1 aliphatic heterocycles. The summed E-state index contributed by atoms with van der Waals surface area (Å²) in [6.45, 7) is 4.15. The van der Waals surface area contributed by atoms with Gasteiger partial charge < -0.3 is 10.0 Å². The minimum Gasteiger partial charge on any atom is -0.481 e. The molecule has 1 saturated heterocycles. The number of carboxylic acids is 1. The number of nitrogens with zero attached hydrogens (tertiary/aromatic N) is 3. The summed E-state index contributed by atoms with van der Waals surface area (Å²) in [5, 5.41) is 14.4. The number of benzene rings is 1. The smallest absolute Gasteiger partial charge is 0.308 e. The fourth-order valence-corrected chi connectivity index (χ4v) is 3.44. The van der Waals surface area contributed by atoms with Gasteiger partial charge >= 0.3 is 5.97 Å². The molecule has 2 aromatic rings. The molecule has 1 aliphatic rings. The van der Waals surface area contributed by atoms with Crippen molar-refractivity contribution < 1.29 is 14.7 Å². The van der Waals surface area contributed by atoms with Gasteiger partial charge in [0.05, 0.1) is 22.9 Å². The molecule has 7 heteroatoms. The number of amides is 1. The largest absolute Gasteiger partial charge is 0.481 e.